The van der Waals surface area contributed by atoms with Crippen molar-refractivity contribution in [2.24, 2.45) is 7.05 Å². The van der Waals surface area contributed by atoms with Crippen molar-refractivity contribution in [2.75, 3.05) is 0 Å². The second-order valence-electron chi connectivity index (χ2n) is 8.10. The minimum absolute atomic E-state index is 0.0853. The molecule has 176 valence electrons. The fraction of sp³-hybridized carbons (Fsp3) is 0.231. The summed E-state index contributed by atoms with van der Waals surface area (Å²) in [6.07, 6.45) is 0.380. The highest BCUT2D eigenvalue weighted by Crippen LogP contribution is 2.26. The van der Waals surface area contributed by atoms with Gasteiger partial charge >= 0.3 is 0 Å². The van der Waals surface area contributed by atoms with Crippen LogP contribution in [0, 0.1) is 0 Å². The molecule has 2 N–H and O–H groups in total. The summed E-state index contributed by atoms with van der Waals surface area (Å²) in [5, 5.41) is 14.4. The quantitative estimate of drug-likeness (QED) is 0.366. The third-order valence-corrected chi connectivity index (χ3v) is 7.03. The Bertz CT molecular complexity index is 1350. The number of carbonyl (C=O) groups is 1. The van der Waals surface area contributed by atoms with Crippen LogP contribution in [0.5, 0.6) is 0 Å². The molecule has 8 heteroatoms. The van der Waals surface area contributed by atoms with Gasteiger partial charge in [0.1, 0.15) is 16.5 Å². The number of pyridine rings is 1. The summed E-state index contributed by atoms with van der Waals surface area (Å²) in [5.74, 6) is -0.430. The number of nitrogens with one attached hydrogen (secondary N) is 1. The van der Waals surface area contributed by atoms with Crippen LogP contribution in [0.4, 0.5) is 0 Å². The van der Waals surface area contributed by atoms with Gasteiger partial charge in [0.2, 0.25) is 5.43 Å². The van der Waals surface area contributed by atoms with Gasteiger partial charge in [-0.1, -0.05) is 54.1 Å². The van der Waals surface area contributed by atoms with Crippen molar-refractivity contribution in [3.8, 4) is 0 Å². The first-order valence-electron chi connectivity index (χ1n) is 10.8. The van der Waals surface area contributed by atoms with Crippen LogP contribution >= 0.6 is 22.9 Å². The first kappa shape index (κ1) is 24.2. The molecule has 0 spiro atoms. The van der Waals surface area contributed by atoms with E-state index in [-0.39, 0.29) is 17.6 Å². The molecule has 4 rings (SSSR count). The maximum Gasteiger partial charge on any atom is 0.257 e. The summed E-state index contributed by atoms with van der Waals surface area (Å²) >= 11 is 7.33. The predicted molar refractivity (Wildman–Crippen MR) is 135 cm³/mol. The predicted octanol–water partition coefficient (Wildman–Crippen LogP) is 4.82. The second-order valence-corrected chi connectivity index (χ2v) is 9.65. The van der Waals surface area contributed by atoms with Crippen molar-refractivity contribution < 1.29 is 14.6 Å². The van der Waals surface area contributed by atoms with E-state index in [1.807, 2.05) is 49.4 Å². The van der Waals surface area contributed by atoms with Crippen molar-refractivity contribution in [3.05, 3.63) is 104 Å². The van der Waals surface area contributed by atoms with E-state index in [4.69, 9.17) is 16.3 Å². The lowest BCUT2D eigenvalue weighted by atomic mass is 10.1. The second kappa shape index (κ2) is 10.5. The van der Waals surface area contributed by atoms with Crippen LogP contribution in [0.25, 0.3) is 10.2 Å². The highest BCUT2D eigenvalue weighted by molar-refractivity contribution is 7.18. The molecule has 0 aliphatic carbocycles. The SMILES string of the molecule is C[C@@H](OCc1cc2c(=O)c(C(=O)NCc3ccc(Cl)cc3)cn(C)c2s1)[C@H](O)c1ccccc1. The average Bonchev–Trinajstić information content (AvgIpc) is 3.29. The molecule has 0 radical (unpaired) electrons. The number of thiophene rings is 1. The van der Waals surface area contributed by atoms with E-state index in [0.29, 0.717) is 17.0 Å². The molecule has 0 saturated carbocycles. The first-order chi connectivity index (χ1) is 16.3. The number of carbonyl (C=O) groups excluding carboxylic acids is 1. The fourth-order valence-electron chi connectivity index (χ4n) is 3.65. The summed E-state index contributed by atoms with van der Waals surface area (Å²) < 4.78 is 7.67. The molecule has 2 heterocycles. The molecule has 2 atom stereocenters. The zero-order valence-corrected chi connectivity index (χ0v) is 20.4. The third-order valence-electron chi connectivity index (χ3n) is 5.58. The summed E-state index contributed by atoms with van der Waals surface area (Å²) in [7, 11) is 1.81. The molecule has 6 nitrogen and oxygen atoms in total. The van der Waals surface area contributed by atoms with Crippen LogP contribution in [-0.2, 0) is 24.9 Å². The Labute approximate surface area is 206 Å². The molecule has 0 aliphatic heterocycles. The van der Waals surface area contributed by atoms with Gasteiger partial charge in [0.05, 0.1) is 18.1 Å². The number of fused-ring (bicyclic) bond motifs is 1. The molecule has 0 saturated heterocycles. The normalized spacial score (nSPS) is 13.1. The minimum atomic E-state index is -0.752. The van der Waals surface area contributed by atoms with Crippen molar-refractivity contribution in [3.63, 3.8) is 0 Å². The van der Waals surface area contributed by atoms with E-state index in [2.05, 4.69) is 5.32 Å². The number of halogens is 1. The van der Waals surface area contributed by atoms with E-state index in [9.17, 15) is 14.7 Å². The van der Waals surface area contributed by atoms with Crippen LogP contribution in [0.15, 0.2) is 71.7 Å². The number of hydrogen-bond donors (Lipinski definition) is 2. The number of aliphatic hydroxyl groups is 1. The Kier molecular flexibility index (Phi) is 7.48. The number of ether oxygens (including phenoxy) is 1. The maximum atomic E-state index is 13.1. The topological polar surface area (TPSA) is 80.6 Å². The van der Waals surface area contributed by atoms with Crippen LogP contribution in [0.1, 0.15) is 39.4 Å². The Balaban J connectivity index is 1.47. The number of hydrogen-bond acceptors (Lipinski definition) is 5. The Morgan fingerprint density at radius 2 is 1.88 bits per heavy atom. The van der Waals surface area contributed by atoms with Gasteiger partial charge in [0.15, 0.2) is 0 Å². The molecule has 1 amide bonds. The molecule has 0 unspecified atom stereocenters. The van der Waals surface area contributed by atoms with Crippen LogP contribution in [0.3, 0.4) is 0 Å². The Morgan fingerprint density at radius 3 is 2.59 bits per heavy atom. The molecular weight excluding hydrogens is 472 g/mol. The van der Waals surface area contributed by atoms with E-state index >= 15 is 0 Å². The lowest BCUT2D eigenvalue weighted by Gasteiger charge is -2.19. The molecule has 2 aromatic carbocycles. The molecule has 0 bridgehead atoms. The van der Waals surface area contributed by atoms with E-state index < -0.39 is 18.1 Å². The smallest absolute Gasteiger partial charge is 0.257 e. The van der Waals surface area contributed by atoms with Crippen molar-refractivity contribution in [1.29, 1.82) is 0 Å². The van der Waals surface area contributed by atoms with Gasteiger partial charge in [-0.15, -0.1) is 11.3 Å². The van der Waals surface area contributed by atoms with E-state index in [0.717, 1.165) is 20.8 Å². The lowest BCUT2D eigenvalue weighted by molar-refractivity contribution is -0.0355. The monoisotopic (exact) mass is 496 g/mol. The van der Waals surface area contributed by atoms with Crippen LogP contribution in [-0.4, -0.2) is 21.7 Å². The fourth-order valence-corrected chi connectivity index (χ4v) is 4.79. The lowest BCUT2D eigenvalue weighted by Crippen LogP contribution is -2.29. The van der Waals surface area contributed by atoms with Gasteiger partial charge in [-0.3, -0.25) is 9.59 Å². The van der Waals surface area contributed by atoms with E-state index in [1.165, 1.54) is 11.3 Å². The first-order valence-corrected chi connectivity index (χ1v) is 12.0. The summed E-state index contributed by atoms with van der Waals surface area (Å²) in [5.41, 5.74) is 1.44. The number of benzene rings is 2. The van der Waals surface area contributed by atoms with Crippen molar-refractivity contribution >= 4 is 39.1 Å². The average molecular weight is 497 g/mol. The van der Waals surface area contributed by atoms with Crippen molar-refractivity contribution in [2.45, 2.75) is 32.3 Å². The van der Waals surface area contributed by atoms with Gasteiger partial charge in [-0.2, -0.15) is 0 Å². The summed E-state index contributed by atoms with van der Waals surface area (Å²) in [4.78, 5) is 27.4. The van der Waals surface area contributed by atoms with Gasteiger partial charge in [-0.25, -0.2) is 0 Å². The number of rotatable bonds is 8. The molecule has 34 heavy (non-hydrogen) atoms. The van der Waals surface area contributed by atoms with Crippen LogP contribution in [0.2, 0.25) is 5.02 Å². The highest BCUT2D eigenvalue weighted by atomic mass is 35.5. The van der Waals surface area contributed by atoms with Gasteiger partial charge < -0.3 is 19.7 Å². The molecule has 0 fully saturated rings. The number of amides is 1. The molecule has 0 aliphatic rings. The van der Waals surface area contributed by atoms with E-state index in [1.54, 1.807) is 36.0 Å². The highest BCUT2D eigenvalue weighted by Gasteiger charge is 2.19. The zero-order chi connectivity index (χ0) is 24.2. The summed E-state index contributed by atoms with van der Waals surface area (Å²) in [6.45, 7) is 2.36. The maximum absolute atomic E-state index is 13.1. The largest absolute Gasteiger partial charge is 0.386 e. The summed E-state index contributed by atoms with van der Waals surface area (Å²) in [6, 6.07) is 18.3. The zero-order valence-electron chi connectivity index (χ0n) is 18.8. The number of aromatic nitrogens is 1. The Morgan fingerprint density at radius 1 is 1.18 bits per heavy atom. The molecular formula is C26H25ClN2O4S. The standard InChI is InChI=1S/C26H25ClN2O4S/c1-16(23(30)18-6-4-3-5-7-18)33-15-20-12-21-24(31)22(14-29(2)26(21)34-20)25(32)28-13-17-8-10-19(27)11-9-17/h3-12,14,16,23,30H,13,15H2,1-2H3,(H,28,32)/t16-,23+/m1/s1. The molecule has 4 aromatic rings. The number of aryl methyl sites for hydroxylation is 1. The van der Waals surface area contributed by atoms with Gasteiger partial charge in [-0.05, 0) is 36.2 Å². The van der Waals surface area contributed by atoms with Crippen LogP contribution < -0.4 is 10.7 Å². The van der Waals surface area contributed by atoms with Gasteiger partial charge in [0.25, 0.3) is 5.91 Å². The van der Waals surface area contributed by atoms with Crippen molar-refractivity contribution in [1.82, 2.24) is 9.88 Å². The van der Waals surface area contributed by atoms with Gasteiger partial charge in [0, 0.05) is 29.7 Å². The third kappa shape index (κ3) is 5.39. The minimum Gasteiger partial charge on any atom is -0.386 e. The number of aliphatic hydroxyl groups excluding tert-OH is 1. The Hall–Kier alpha value is -2.97. The number of nitrogens with zero attached hydrogens (tertiary/aromatic N) is 1. The molecule has 2 aromatic heterocycles.